The molecule has 7 nitrogen and oxygen atoms in total. The summed E-state index contributed by atoms with van der Waals surface area (Å²) >= 11 is 0. The first-order valence-corrected chi connectivity index (χ1v) is 3.17. The van der Waals surface area contributed by atoms with E-state index in [0.717, 1.165) is 0 Å². The first-order chi connectivity index (χ1) is 5.78. The van der Waals surface area contributed by atoms with Crippen LogP contribution in [-0.2, 0) is 14.4 Å². The number of hydrogen-bond acceptors (Lipinski definition) is 4. The molecule has 84 valence electrons. The fourth-order valence-corrected chi connectivity index (χ4v) is 0.714. The van der Waals surface area contributed by atoms with Crippen LogP contribution in [0.3, 0.4) is 0 Å². The third kappa shape index (κ3) is 7.32. The number of rotatable bonds is 5. The fourth-order valence-electron chi connectivity index (χ4n) is 0.714. The quantitative estimate of drug-likeness (QED) is 0.435. The summed E-state index contributed by atoms with van der Waals surface area (Å²) in [6.45, 7) is 0. The van der Waals surface area contributed by atoms with Gasteiger partial charge in [-0.2, -0.15) is 0 Å². The Bertz CT molecular complexity index is 234. The van der Waals surface area contributed by atoms with Crippen molar-refractivity contribution in [2.24, 2.45) is 0 Å². The van der Waals surface area contributed by atoms with Crippen molar-refractivity contribution < 1.29 is 34.8 Å². The van der Waals surface area contributed by atoms with E-state index in [9.17, 15) is 14.4 Å². The van der Waals surface area contributed by atoms with Crippen molar-refractivity contribution in [2.75, 3.05) is 0 Å². The zero-order valence-electron chi connectivity index (χ0n) is 6.43. The van der Waals surface area contributed by atoms with Crippen LogP contribution in [0.25, 0.3) is 0 Å². The molecule has 0 spiro atoms. The van der Waals surface area contributed by atoms with E-state index in [-0.39, 0.29) is 37.0 Å². The molecular weight excluding hydrogens is 219 g/mol. The first kappa shape index (κ1) is 19.9. The first-order valence-electron chi connectivity index (χ1n) is 3.17. The second kappa shape index (κ2) is 7.63. The van der Waals surface area contributed by atoms with Gasteiger partial charge in [-0.25, -0.2) is 4.79 Å². The van der Waals surface area contributed by atoms with E-state index in [1.165, 1.54) is 0 Å². The summed E-state index contributed by atoms with van der Waals surface area (Å²) in [6.07, 6.45) is -2.29. The molecule has 0 amide bonds. The van der Waals surface area contributed by atoms with Crippen molar-refractivity contribution in [3.63, 3.8) is 0 Å². The molecular formula is C7H13NaO7. The second-order valence-electron chi connectivity index (χ2n) is 2.48. The number of hydrogen-bond donors (Lipinski definition) is 4. The van der Waals surface area contributed by atoms with Crippen LogP contribution in [0.5, 0.6) is 0 Å². The minimum absolute atomic E-state index is 0. The molecule has 0 aliphatic rings. The normalized spacial score (nSPS) is 9.40. The van der Waals surface area contributed by atoms with Crippen molar-refractivity contribution in [3.05, 3.63) is 0 Å². The van der Waals surface area contributed by atoms with Gasteiger partial charge in [0.05, 0.1) is 12.8 Å². The zero-order chi connectivity index (χ0) is 10.6. The van der Waals surface area contributed by atoms with Crippen molar-refractivity contribution in [1.29, 1.82) is 0 Å². The van der Waals surface area contributed by atoms with Crippen molar-refractivity contribution in [1.82, 2.24) is 0 Å². The van der Waals surface area contributed by atoms with Crippen molar-refractivity contribution in [3.8, 4) is 0 Å². The molecule has 0 aromatic carbocycles. The summed E-state index contributed by atoms with van der Waals surface area (Å²) < 4.78 is 0. The van der Waals surface area contributed by atoms with E-state index in [0.29, 0.717) is 0 Å². The Labute approximate surface area is 108 Å². The Balaban J connectivity index is -0.000000720. The molecule has 0 aromatic rings. The average Bonchev–Trinajstić information content (AvgIpc) is 1.82. The van der Waals surface area contributed by atoms with Crippen LogP contribution in [0.15, 0.2) is 0 Å². The Morgan fingerprint density at radius 1 is 0.933 bits per heavy atom. The van der Waals surface area contributed by atoms with Crippen LogP contribution in [0, 0.1) is 0 Å². The van der Waals surface area contributed by atoms with Gasteiger partial charge in [0.15, 0.2) is 5.60 Å². The molecule has 0 rings (SSSR count). The van der Waals surface area contributed by atoms with Crippen molar-refractivity contribution in [2.45, 2.75) is 25.9 Å². The molecule has 4 N–H and O–H groups in total. The van der Waals surface area contributed by atoms with Gasteiger partial charge in [-0.3, -0.25) is 9.59 Å². The van der Waals surface area contributed by atoms with Crippen LogP contribution in [0.4, 0.5) is 0 Å². The molecule has 0 heterocycles. The summed E-state index contributed by atoms with van der Waals surface area (Å²) in [7, 11) is 0. The van der Waals surface area contributed by atoms with E-state index in [2.05, 4.69) is 0 Å². The van der Waals surface area contributed by atoms with Gasteiger partial charge in [-0.15, -0.1) is 0 Å². The molecule has 0 saturated heterocycles. The molecule has 0 radical (unpaired) electrons. The summed E-state index contributed by atoms with van der Waals surface area (Å²) in [5.74, 6) is -5.02. The molecule has 0 aromatic heterocycles. The Morgan fingerprint density at radius 2 is 1.20 bits per heavy atom. The van der Waals surface area contributed by atoms with Gasteiger partial charge in [0.2, 0.25) is 0 Å². The predicted octanol–water partition coefficient (Wildman–Crippen LogP) is -1.26. The van der Waals surface area contributed by atoms with Crippen LogP contribution < -0.4 is 0 Å². The molecule has 0 bridgehead atoms. The molecule has 0 unspecified atom stereocenters. The number of aliphatic carboxylic acids is 3. The van der Waals surface area contributed by atoms with Gasteiger partial charge in [0.1, 0.15) is 0 Å². The summed E-state index contributed by atoms with van der Waals surface area (Å²) in [6, 6.07) is 0. The number of carboxylic acid groups (broad SMARTS) is 3. The maximum absolute atomic E-state index is 10.3. The minimum atomic E-state index is -2.74. The van der Waals surface area contributed by atoms with E-state index >= 15 is 0 Å². The zero-order valence-corrected chi connectivity index (χ0v) is 6.43. The SMILES string of the molecule is C.O=C(O)CC(O)(CC(=O)O)C(=O)O.[NaH]. The Kier molecular flexibility index (Phi) is 10.1. The Hall–Kier alpha value is -0.630. The van der Waals surface area contributed by atoms with E-state index in [1.54, 1.807) is 0 Å². The number of carbonyl (C=O) groups is 3. The van der Waals surface area contributed by atoms with Crippen LogP contribution >= 0.6 is 0 Å². The van der Waals surface area contributed by atoms with Crippen LogP contribution in [-0.4, -0.2) is 73.5 Å². The molecule has 8 heteroatoms. The van der Waals surface area contributed by atoms with E-state index < -0.39 is 36.4 Å². The monoisotopic (exact) mass is 232 g/mol. The molecule has 0 saturated carbocycles. The second-order valence-corrected chi connectivity index (χ2v) is 2.48. The fraction of sp³-hybridized carbons (Fsp3) is 0.571. The molecule has 0 aliphatic heterocycles. The number of aliphatic hydroxyl groups is 1. The predicted molar refractivity (Wildman–Crippen MR) is 51.0 cm³/mol. The Morgan fingerprint density at radius 3 is 1.33 bits per heavy atom. The molecule has 15 heavy (non-hydrogen) atoms. The van der Waals surface area contributed by atoms with Crippen LogP contribution in [0.1, 0.15) is 20.3 Å². The van der Waals surface area contributed by atoms with Gasteiger partial charge in [0, 0.05) is 0 Å². The van der Waals surface area contributed by atoms with Crippen LogP contribution in [0.2, 0.25) is 0 Å². The topological polar surface area (TPSA) is 132 Å². The van der Waals surface area contributed by atoms with Gasteiger partial charge in [-0.1, -0.05) is 7.43 Å². The molecule has 0 atom stereocenters. The van der Waals surface area contributed by atoms with Crippen molar-refractivity contribution >= 4 is 47.5 Å². The van der Waals surface area contributed by atoms with Gasteiger partial charge < -0.3 is 20.4 Å². The summed E-state index contributed by atoms with van der Waals surface area (Å²) in [5.41, 5.74) is -2.74. The third-order valence-corrected chi connectivity index (χ3v) is 1.29. The summed E-state index contributed by atoms with van der Waals surface area (Å²) in [4.78, 5) is 30.5. The molecule has 0 aliphatic carbocycles. The van der Waals surface area contributed by atoms with E-state index in [4.69, 9.17) is 20.4 Å². The molecule has 0 fully saturated rings. The van der Waals surface area contributed by atoms with Gasteiger partial charge >= 0.3 is 47.5 Å². The van der Waals surface area contributed by atoms with E-state index in [1.807, 2.05) is 0 Å². The average molecular weight is 232 g/mol. The number of carboxylic acids is 3. The third-order valence-electron chi connectivity index (χ3n) is 1.29. The maximum atomic E-state index is 10.3. The standard InChI is InChI=1S/C6H8O7.CH4.Na.H/c7-3(8)1-6(13,5(11)12)2-4(9)10;;;/h13H,1-2H2,(H,7,8)(H,9,10)(H,11,12);1H4;;. The van der Waals surface area contributed by atoms with Gasteiger partial charge in [-0.05, 0) is 0 Å². The van der Waals surface area contributed by atoms with Gasteiger partial charge in [0.25, 0.3) is 0 Å². The summed E-state index contributed by atoms with van der Waals surface area (Å²) in [5, 5.41) is 33.8.